The summed E-state index contributed by atoms with van der Waals surface area (Å²) in [5.41, 5.74) is 1.28. The number of nitrogens with zero attached hydrogens (tertiary/aromatic N) is 2. The maximum Gasteiger partial charge on any atom is 0.257 e. The molecule has 0 aromatic heterocycles. The molecule has 28 heavy (non-hydrogen) atoms. The van der Waals surface area contributed by atoms with Crippen LogP contribution in [0, 0.1) is 0 Å². The number of nitrogens with one attached hydrogen (secondary N) is 1. The van der Waals surface area contributed by atoms with Crippen molar-refractivity contribution in [3.63, 3.8) is 0 Å². The van der Waals surface area contributed by atoms with Gasteiger partial charge in [0.1, 0.15) is 11.5 Å². The first kappa shape index (κ1) is 20.0. The van der Waals surface area contributed by atoms with E-state index in [0.717, 1.165) is 38.5 Å². The lowest BCUT2D eigenvalue weighted by Crippen LogP contribution is -2.48. The molecule has 6 nitrogen and oxygen atoms in total. The van der Waals surface area contributed by atoms with Crippen molar-refractivity contribution in [1.82, 2.24) is 10.2 Å². The van der Waals surface area contributed by atoms with E-state index in [1.807, 2.05) is 37.3 Å². The summed E-state index contributed by atoms with van der Waals surface area (Å²) in [6.07, 6.45) is 0. The minimum atomic E-state index is -0.100. The van der Waals surface area contributed by atoms with Gasteiger partial charge in [-0.15, -0.1) is 0 Å². The number of ether oxygens (including phenoxy) is 2. The monoisotopic (exact) mass is 383 g/mol. The van der Waals surface area contributed by atoms with Crippen LogP contribution in [0.5, 0.6) is 11.5 Å². The van der Waals surface area contributed by atoms with Gasteiger partial charge in [0.2, 0.25) is 0 Å². The van der Waals surface area contributed by atoms with Gasteiger partial charge in [-0.2, -0.15) is 0 Å². The Morgan fingerprint density at radius 2 is 1.57 bits per heavy atom. The average Bonchev–Trinajstić information content (AvgIpc) is 2.75. The Morgan fingerprint density at radius 3 is 2.21 bits per heavy atom. The van der Waals surface area contributed by atoms with Gasteiger partial charge in [0, 0.05) is 45.0 Å². The molecule has 0 aliphatic carbocycles. The molecule has 1 aliphatic heterocycles. The molecule has 2 aromatic carbocycles. The molecular formula is C22H29N3O3. The third-order valence-corrected chi connectivity index (χ3v) is 4.75. The van der Waals surface area contributed by atoms with Gasteiger partial charge in [0.25, 0.3) is 5.91 Å². The summed E-state index contributed by atoms with van der Waals surface area (Å²) in [7, 11) is 0. The molecule has 6 heteroatoms. The first-order valence-electron chi connectivity index (χ1n) is 9.89. The lowest BCUT2D eigenvalue weighted by molar-refractivity contribution is -0.123. The van der Waals surface area contributed by atoms with Crippen LogP contribution in [-0.2, 0) is 4.79 Å². The van der Waals surface area contributed by atoms with Gasteiger partial charge in [-0.3, -0.25) is 9.69 Å². The lowest BCUT2D eigenvalue weighted by Gasteiger charge is -2.36. The van der Waals surface area contributed by atoms with Crippen molar-refractivity contribution < 1.29 is 14.3 Å². The van der Waals surface area contributed by atoms with Crippen molar-refractivity contribution in [2.75, 3.05) is 57.4 Å². The largest absolute Gasteiger partial charge is 0.494 e. The standard InChI is InChI=1S/C22H29N3O3/c1-2-27-20-8-10-21(11-9-20)28-18-22(26)23-12-13-24-14-16-25(17-15-24)19-6-4-3-5-7-19/h3-11H,2,12-18H2,1H3,(H,23,26). The molecule has 1 fully saturated rings. The average molecular weight is 383 g/mol. The molecule has 0 saturated carbocycles. The molecule has 2 aromatic rings. The molecule has 0 unspecified atom stereocenters. The van der Waals surface area contributed by atoms with Crippen molar-refractivity contribution in [3.05, 3.63) is 54.6 Å². The quantitative estimate of drug-likeness (QED) is 0.721. The number of carbonyl (C=O) groups excluding carboxylic acids is 1. The highest BCUT2D eigenvalue weighted by atomic mass is 16.5. The SMILES string of the molecule is CCOc1ccc(OCC(=O)NCCN2CCN(c3ccccc3)CC2)cc1. The number of piperazine rings is 1. The van der Waals surface area contributed by atoms with Crippen LogP contribution in [-0.4, -0.2) is 63.3 Å². The summed E-state index contributed by atoms with van der Waals surface area (Å²) < 4.78 is 10.9. The molecular weight excluding hydrogens is 354 g/mol. The second kappa shape index (κ2) is 10.6. The lowest BCUT2D eigenvalue weighted by atomic mass is 10.2. The van der Waals surface area contributed by atoms with Crippen molar-refractivity contribution in [3.8, 4) is 11.5 Å². The zero-order valence-electron chi connectivity index (χ0n) is 16.5. The van der Waals surface area contributed by atoms with E-state index < -0.39 is 0 Å². The molecule has 0 atom stereocenters. The number of benzene rings is 2. The second-order valence-electron chi connectivity index (χ2n) is 6.71. The molecule has 3 rings (SSSR count). The van der Waals surface area contributed by atoms with E-state index in [9.17, 15) is 4.79 Å². The first-order valence-corrected chi connectivity index (χ1v) is 9.89. The number of hydrogen-bond donors (Lipinski definition) is 1. The number of anilines is 1. The van der Waals surface area contributed by atoms with Gasteiger partial charge < -0.3 is 19.7 Å². The Balaban J connectivity index is 1.29. The fourth-order valence-corrected chi connectivity index (χ4v) is 3.22. The number of carbonyl (C=O) groups is 1. The first-order chi connectivity index (χ1) is 13.7. The summed E-state index contributed by atoms with van der Waals surface area (Å²) in [6.45, 7) is 8.13. The van der Waals surface area contributed by atoms with Crippen LogP contribution in [0.4, 0.5) is 5.69 Å². The summed E-state index contributed by atoms with van der Waals surface area (Å²) in [4.78, 5) is 16.8. The Hall–Kier alpha value is -2.73. The predicted octanol–water partition coefficient (Wildman–Crippen LogP) is 2.40. The smallest absolute Gasteiger partial charge is 0.257 e. The minimum absolute atomic E-state index is 0.0236. The summed E-state index contributed by atoms with van der Waals surface area (Å²) in [5.74, 6) is 1.36. The number of rotatable bonds is 9. The number of hydrogen-bond acceptors (Lipinski definition) is 5. The van der Waals surface area contributed by atoms with Crippen molar-refractivity contribution in [2.24, 2.45) is 0 Å². The highest BCUT2D eigenvalue weighted by Gasteiger charge is 2.16. The van der Waals surface area contributed by atoms with E-state index >= 15 is 0 Å². The third-order valence-electron chi connectivity index (χ3n) is 4.75. The van der Waals surface area contributed by atoms with Crippen LogP contribution < -0.4 is 19.7 Å². The zero-order valence-corrected chi connectivity index (χ0v) is 16.5. The molecule has 1 saturated heterocycles. The van der Waals surface area contributed by atoms with E-state index in [0.29, 0.717) is 18.9 Å². The van der Waals surface area contributed by atoms with Gasteiger partial charge >= 0.3 is 0 Å². The fourth-order valence-electron chi connectivity index (χ4n) is 3.22. The van der Waals surface area contributed by atoms with Gasteiger partial charge in [0.15, 0.2) is 6.61 Å². The zero-order chi connectivity index (χ0) is 19.6. The van der Waals surface area contributed by atoms with E-state index in [-0.39, 0.29) is 12.5 Å². The van der Waals surface area contributed by atoms with E-state index in [1.54, 1.807) is 0 Å². The normalized spacial score (nSPS) is 14.5. The number of para-hydroxylation sites is 1. The predicted molar refractivity (Wildman–Crippen MR) is 111 cm³/mol. The topological polar surface area (TPSA) is 54.0 Å². The summed E-state index contributed by atoms with van der Waals surface area (Å²) in [6, 6.07) is 17.8. The van der Waals surface area contributed by atoms with E-state index in [4.69, 9.17) is 9.47 Å². The van der Waals surface area contributed by atoms with E-state index in [2.05, 4.69) is 39.4 Å². The Morgan fingerprint density at radius 1 is 0.929 bits per heavy atom. The third kappa shape index (κ3) is 6.16. The second-order valence-corrected chi connectivity index (χ2v) is 6.71. The summed E-state index contributed by atoms with van der Waals surface area (Å²) in [5, 5.41) is 2.93. The van der Waals surface area contributed by atoms with Crippen LogP contribution in [0.2, 0.25) is 0 Å². The number of amides is 1. The molecule has 1 N–H and O–H groups in total. The Labute approximate surface area is 167 Å². The fraction of sp³-hybridized carbons (Fsp3) is 0.409. The highest BCUT2D eigenvalue weighted by Crippen LogP contribution is 2.17. The van der Waals surface area contributed by atoms with Crippen LogP contribution >= 0.6 is 0 Å². The van der Waals surface area contributed by atoms with E-state index in [1.165, 1.54) is 5.69 Å². The van der Waals surface area contributed by atoms with Crippen LogP contribution in [0.3, 0.4) is 0 Å². The van der Waals surface area contributed by atoms with Crippen LogP contribution in [0.1, 0.15) is 6.92 Å². The molecule has 0 spiro atoms. The molecule has 1 aliphatic rings. The molecule has 0 bridgehead atoms. The van der Waals surface area contributed by atoms with Crippen LogP contribution in [0.25, 0.3) is 0 Å². The van der Waals surface area contributed by atoms with Crippen molar-refractivity contribution >= 4 is 11.6 Å². The van der Waals surface area contributed by atoms with Crippen LogP contribution in [0.15, 0.2) is 54.6 Å². The van der Waals surface area contributed by atoms with Gasteiger partial charge in [-0.25, -0.2) is 0 Å². The molecule has 1 amide bonds. The van der Waals surface area contributed by atoms with Crippen molar-refractivity contribution in [2.45, 2.75) is 6.92 Å². The molecule has 1 heterocycles. The Bertz CT molecular complexity index is 714. The summed E-state index contributed by atoms with van der Waals surface area (Å²) >= 11 is 0. The van der Waals surface area contributed by atoms with Crippen molar-refractivity contribution in [1.29, 1.82) is 0 Å². The maximum atomic E-state index is 12.0. The molecule has 0 radical (unpaired) electrons. The highest BCUT2D eigenvalue weighted by molar-refractivity contribution is 5.77. The van der Waals surface area contributed by atoms with Gasteiger partial charge in [0.05, 0.1) is 6.61 Å². The minimum Gasteiger partial charge on any atom is -0.494 e. The Kier molecular flexibility index (Phi) is 7.55. The van der Waals surface area contributed by atoms with Gasteiger partial charge in [-0.05, 0) is 43.3 Å². The van der Waals surface area contributed by atoms with Gasteiger partial charge in [-0.1, -0.05) is 18.2 Å². The molecule has 150 valence electrons. The maximum absolute atomic E-state index is 12.0.